The number of thiophene rings is 1. The number of rotatable bonds is 4. The van der Waals surface area contributed by atoms with Crippen molar-refractivity contribution in [3.63, 3.8) is 0 Å². The summed E-state index contributed by atoms with van der Waals surface area (Å²) in [5.74, 6) is 0. The van der Waals surface area contributed by atoms with Crippen LogP contribution >= 0.6 is 11.3 Å². The molecule has 1 heterocycles. The van der Waals surface area contributed by atoms with Gasteiger partial charge in [-0.2, -0.15) is 0 Å². The molecule has 0 atom stereocenters. The van der Waals surface area contributed by atoms with Crippen molar-refractivity contribution in [2.24, 2.45) is 0 Å². The minimum Gasteiger partial charge on any atom is -0.394 e. The number of aliphatic hydroxyl groups excluding tert-OH is 1. The van der Waals surface area contributed by atoms with Crippen molar-refractivity contribution < 1.29 is 5.11 Å². The molecule has 2 rings (SSSR count). The topological polar surface area (TPSA) is 32.3 Å². The third-order valence-corrected chi connectivity index (χ3v) is 4.73. The van der Waals surface area contributed by atoms with Gasteiger partial charge in [0, 0.05) is 17.0 Å². The van der Waals surface area contributed by atoms with E-state index < -0.39 is 0 Å². The lowest BCUT2D eigenvalue weighted by Gasteiger charge is -2.36. The fourth-order valence-electron chi connectivity index (χ4n) is 2.47. The van der Waals surface area contributed by atoms with Gasteiger partial charge >= 0.3 is 0 Å². The summed E-state index contributed by atoms with van der Waals surface area (Å²) in [7, 11) is 0. The van der Waals surface area contributed by atoms with Crippen molar-refractivity contribution in [2.45, 2.75) is 51.1 Å². The molecule has 1 aromatic rings. The Bertz CT molecular complexity index is 328. The third kappa shape index (κ3) is 2.65. The molecule has 0 unspecified atom stereocenters. The molecule has 1 saturated carbocycles. The van der Waals surface area contributed by atoms with Gasteiger partial charge in [0.25, 0.3) is 0 Å². The van der Waals surface area contributed by atoms with Crippen molar-refractivity contribution in [1.82, 2.24) is 5.32 Å². The number of hydrogen-bond donors (Lipinski definition) is 2. The maximum absolute atomic E-state index is 9.58. The lowest BCUT2D eigenvalue weighted by Crippen LogP contribution is -2.49. The molecule has 2 N–H and O–H groups in total. The molecule has 2 nitrogen and oxygen atoms in total. The molecule has 1 fully saturated rings. The fraction of sp³-hybridized carbons (Fsp3) is 0.692. The molecule has 0 radical (unpaired) electrons. The molecule has 0 saturated heterocycles. The molecule has 0 aromatic carbocycles. The summed E-state index contributed by atoms with van der Waals surface area (Å²) in [6.45, 7) is 3.33. The van der Waals surface area contributed by atoms with Crippen LogP contribution in [-0.2, 0) is 6.54 Å². The zero-order valence-corrected chi connectivity index (χ0v) is 10.8. The van der Waals surface area contributed by atoms with E-state index in [0.717, 1.165) is 19.4 Å². The van der Waals surface area contributed by atoms with Gasteiger partial charge in [0.15, 0.2) is 0 Å². The van der Waals surface area contributed by atoms with Crippen LogP contribution in [0.25, 0.3) is 0 Å². The largest absolute Gasteiger partial charge is 0.394 e. The van der Waals surface area contributed by atoms with E-state index in [1.54, 1.807) is 11.3 Å². The van der Waals surface area contributed by atoms with Crippen LogP contribution in [0.3, 0.4) is 0 Å². The summed E-state index contributed by atoms with van der Waals surface area (Å²) in [5, 5.41) is 15.3. The Kier molecular flexibility index (Phi) is 4.00. The summed E-state index contributed by atoms with van der Waals surface area (Å²) in [5.41, 5.74) is 1.36. The molecule has 3 heteroatoms. The molecule has 16 heavy (non-hydrogen) atoms. The Morgan fingerprint density at radius 2 is 2.12 bits per heavy atom. The van der Waals surface area contributed by atoms with Crippen LogP contribution in [0.4, 0.5) is 0 Å². The SMILES string of the molecule is Cc1ccsc1CNC1(CO)CCCCC1. The second kappa shape index (κ2) is 5.30. The zero-order chi connectivity index (χ0) is 11.4. The molecular weight excluding hydrogens is 218 g/mol. The van der Waals surface area contributed by atoms with Gasteiger partial charge in [0.2, 0.25) is 0 Å². The van der Waals surface area contributed by atoms with Gasteiger partial charge in [-0.3, -0.25) is 0 Å². The molecule has 0 bridgehead atoms. The van der Waals surface area contributed by atoms with Crippen LogP contribution in [-0.4, -0.2) is 17.3 Å². The van der Waals surface area contributed by atoms with Gasteiger partial charge in [-0.15, -0.1) is 11.3 Å². The first-order chi connectivity index (χ1) is 7.76. The summed E-state index contributed by atoms with van der Waals surface area (Å²) in [4.78, 5) is 1.40. The highest BCUT2D eigenvalue weighted by molar-refractivity contribution is 7.10. The van der Waals surface area contributed by atoms with E-state index >= 15 is 0 Å². The molecule has 1 aromatic heterocycles. The van der Waals surface area contributed by atoms with E-state index in [9.17, 15) is 5.11 Å². The van der Waals surface area contributed by atoms with Gasteiger partial charge in [0.1, 0.15) is 0 Å². The van der Waals surface area contributed by atoms with E-state index in [1.165, 1.54) is 29.7 Å². The first-order valence-electron chi connectivity index (χ1n) is 6.15. The van der Waals surface area contributed by atoms with Crippen LogP contribution in [0.5, 0.6) is 0 Å². The Morgan fingerprint density at radius 3 is 2.69 bits per heavy atom. The Labute approximate surface area is 102 Å². The van der Waals surface area contributed by atoms with Crippen molar-refractivity contribution in [1.29, 1.82) is 0 Å². The summed E-state index contributed by atoms with van der Waals surface area (Å²) in [6.07, 6.45) is 6.05. The average Bonchev–Trinajstić information content (AvgIpc) is 2.74. The third-order valence-electron chi connectivity index (χ3n) is 3.71. The molecule has 0 aliphatic heterocycles. The lowest BCUT2D eigenvalue weighted by atomic mass is 9.82. The predicted octanol–water partition coefficient (Wildman–Crippen LogP) is 2.84. The summed E-state index contributed by atoms with van der Waals surface area (Å²) in [6, 6.07) is 2.16. The smallest absolute Gasteiger partial charge is 0.0613 e. The van der Waals surface area contributed by atoms with Gasteiger partial charge < -0.3 is 10.4 Å². The average molecular weight is 239 g/mol. The lowest BCUT2D eigenvalue weighted by molar-refractivity contribution is 0.120. The van der Waals surface area contributed by atoms with Crippen LogP contribution < -0.4 is 5.32 Å². The van der Waals surface area contributed by atoms with Crippen molar-refractivity contribution in [2.75, 3.05) is 6.61 Å². The normalized spacial score (nSPS) is 19.9. The second-order valence-corrected chi connectivity index (χ2v) is 5.88. The quantitative estimate of drug-likeness (QED) is 0.847. The van der Waals surface area contributed by atoms with E-state index in [1.807, 2.05) is 0 Å². The van der Waals surface area contributed by atoms with Crippen LogP contribution in [0.2, 0.25) is 0 Å². The Morgan fingerprint density at radius 1 is 1.38 bits per heavy atom. The highest BCUT2D eigenvalue weighted by Crippen LogP contribution is 2.28. The highest BCUT2D eigenvalue weighted by atomic mass is 32.1. The molecular formula is C13H21NOS. The van der Waals surface area contributed by atoms with Crippen molar-refractivity contribution in [3.8, 4) is 0 Å². The molecule has 0 amide bonds. The molecule has 1 aliphatic carbocycles. The van der Waals surface area contributed by atoms with E-state index in [4.69, 9.17) is 0 Å². The fourth-order valence-corrected chi connectivity index (χ4v) is 3.32. The molecule has 90 valence electrons. The summed E-state index contributed by atoms with van der Waals surface area (Å²) >= 11 is 1.80. The van der Waals surface area contributed by atoms with Crippen molar-refractivity contribution >= 4 is 11.3 Å². The van der Waals surface area contributed by atoms with Gasteiger partial charge in [-0.1, -0.05) is 19.3 Å². The number of nitrogens with one attached hydrogen (secondary N) is 1. The number of aliphatic hydroxyl groups is 1. The Hall–Kier alpha value is -0.380. The van der Waals surface area contributed by atoms with Crippen LogP contribution in [0.1, 0.15) is 42.5 Å². The standard InChI is InChI=1S/C13H21NOS/c1-11-5-8-16-12(11)9-14-13(10-15)6-3-2-4-7-13/h5,8,14-15H,2-4,6-7,9-10H2,1H3. The number of hydrogen-bond acceptors (Lipinski definition) is 3. The minimum absolute atomic E-state index is 0.00528. The molecule has 0 spiro atoms. The van der Waals surface area contributed by atoms with E-state index in [0.29, 0.717) is 0 Å². The van der Waals surface area contributed by atoms with Gasteiger partial charge in [-0.05, 0) is 36.8 Å². The maximum atomic E-state index is 9.58. The van der Waals surface area contributed by atoms with E-state index in [-0.39, 0.29) is 12.1 Å². The maximum Gasteiger partial charge on any atom is 0.0613 e. The first-order valence-corrected chi connectivity index (χ1v) is 7.03. The monoisotopic (exact) mass is 239 g/mol. The second-order valence-electron chi connectivity index (χ2n) is 4.88. The summed E-state index contributed by atoms with van der Waals surface area (Å²) < 4.78 is 0. The van der Waals surface area contributed by atoms with Crippen molar-refractivity contribution in [3.05, 3.63) is 21.9 Å². The minimum atomic E-state index is -0.00528. The van der Waals surface area contributed by atoms with E-state index in [2.05, 4.69) is 23.7 Å². The Balaban J connectivity index is 1.94. The first kappa shape index (κ1) is 12.1. The zero-order valence-electron chi connectivity index (χ0n) is 9.96. The molecule has 1 aliphatic rings. The predicted molar refractivity (Wildman–Crippen MR) is 68.8 cm³/mol. The van der Waals surface area contributed by atoms with Crippen LogP contribution in [0.15, 0.2) is 11.4 Å². The van der Waals surface area contributed by atoms with Gasteiger partial charge in [0.05, 0.1) is 6.61 Å². The number of aryl methyl sites for hydroxylation is 1. The highest BCUT2D eigenvalue weighted by Gasteiger charge is 2.30. The van der Waals surface area contributed by atoms with Crippen LogP contribution in [0, 0.1) is 6.92 Å². The van der Waals surface area contributed by atoms with Gasteiger partial charge in [-0.25, -0.2) is 0 Å².